The van der Waals surface area contributed by atoms with Crippen LogP contribution in [0.3, 0.4) is 0 Å². The van der Waals surface area contributed by atoms with Crippen molar-refractivity contribution in [2.45, 2.75) is 37.2 Å². The number of aliphatic carboxylic acids is 1. The Morgan fingerprint density at radius 3 is 2.62 bits per heavy atom. The number of para-hydroxylation sites is 1. The number of carboxylic acids is 1. The summed E-state index contributed by atoms with van der Waals surface area (Å²) in [5.41, 5.74) is -1.29. The molecule has 0 amide bonds. The molecule has 0 aliphatic carbocycles. The van der Waals surface area contributed by atoms with Gasteiger partial charge < -0.3 is 14.9 Å². The lowest BCUT2D eigenvalue weighted by Crippen LogP contribution is -2.55. The highest BCUT2D eigenvalue weighted by Gasteiger charge is 2.50. The second kappa shape index (κ2) is 7.08. The molecule has 1 aromatic rings. The van der Waals surface area contributed by atoms with E-state index in [1.54, 1.807) is 18.2 Å². The first kappa shape index (κ1) is 18.7. The summed E-state index contributed by atoms with van der Waals surface area (Å²) in [7, 11) is -2.49. The molecule has 1 saturated heterocycles. The molecular formula is C16H23NO6S. The third-order valence-corrected chi connectivity index (χ3v) is 6.54. The molecule has 0 radical (unpaired) electrons. The second-order valence-corrected chi connectivity index (χ2v) is 7.90. The van der Waals surface area contributed by atoms with Gasteiger partial charge in [-0.05, 0) is 25.0 Å². The molecule has 1 aromatic carbocycles. The average Bonchev–Trinajstić information content (AvgIpc) is 2.56. The maximum Gasteiger partial charge on any atom is 0.312 e. The standard InChI is InChI=1S/C16H23NO6S/c1-3-8-16(15(19)20)9-10-17(11-14(16)18)24(21,22)13-7-5-4-6-12(13)23-2/h4-7,14,18H,3,8-11H2,1-2H3,(H,19,20)/t14-,16-/m0/s1. The van der Waals surface area contributed by atoms with Crippen molar-refractivity contribution in [3.8, 4) is 5.75 Å². The molecule has 1 aliphatic rings. The number of sulfonamides is 1. The lowest BCUT2D eigenvalue weighted by molar-refractivity contribution is -0.162. The monoisotopic (exact) mass is 357 g/mol. The Labute approximate surface area is 141 Å². The Kier molecular flexibility index (Phi) is 5.52. The Bertz CT molecular complexity index is 704. The van der Waals surface area contributed by atoms with Gasteiger partial charge >= 0.3 is 5.97 Å². The van der Waals surface area contributed by atoms with E-state index in [1.807, 2.05) is 6.92 Å². The maximum atomic E-state index is 12.8. The summed E-state index contributed by atoms with van der Waals surface area (Å²) in [6, 6.07) is 6.24. The van der Waals surface area contributed by atoms with Crippen molar-refractivity contribution < 1.29 is 28.2 Å². The summed E-state index contributed by atoms with van der Waals surface area (Å²) in [5, 5.41) is 19.9. The van der Waals surface area contributed by atoms with Crippen molar-refractivity contribution in [3.05, 3.63) is 24.3 Å². The van der Waals surface area contributed by atoms with Crippen LogP contribution in [-0.2, 0) is 14.8 Å². The third-order valence-electron chi connectivity index (χ3n) is 4.63. The van der Waals surface area contributed by atoms with E-state index >= 15 is 0 Å². The van der Waals surface area contributed by atoms with Crippen LogP contribution < -0.4 is 4.74 Å². The van der Waals surface area contributed by atoms with Crippen LogP contribution in [0.25, 0.3) is 0 Å². The fourth-order valence-electron chi connectivity index (χ4n) is 3.23. The number of benzene rings is 1. The molecule has 24 heavy (non-hydrogen) atoms. The molecule has 1 heterocycles. The molecule has 2 rings (SSSR count). The van der Waals surface area contributed by atoms with Gasteiger partial charge in [-0.1, -0.05) is 25.5 Å². The van der Waals surface area contributed by atoms with E-state index in [9.17, 15) is 23.4 Å². The van der Waals surface area contributed by atoms with E-state index in [0.29, 0.717) is 12.8 Å². The van der Waals surface area contributed by atoms with Crippen molar-refractivity contribution in [1.29, 1.82) is 0 Å². The minimum absolute atomic E-state index is 0.0121. The fourth-order valence-corrected chi connectivity index (χ4v) is 4.84. The number of hydrogen-bond acceptors (Lipinski definition) is 5. The summed E-state index contributed by atoms with van der Waals surface area (Å²) in [5.74, 6) is -0.859. The number of aliphatic hydroxyl groups is 1. The molecule has 134 valence electrons. The first-order valence-corrected chi connectivity index (χ1v) is 9.28. The summed E-state index contributed by atoms with van der Waals surface area (Å²) in [6.07, 6.45) is -0.270. The van der Waals surface area contributed by atoms with Crippen LogP contribution in [0.5, 0.6) is 5.75 Å². The molecule has 0 spiro atoms. The van der Waals surface area contributed by atoms with Gasteiger partial charge in [-0.2, -0.15) is 4.31 Å². The molecule has 1 aliphatic heterocycles. The van der Waals surface area contributed by atoms with Crippen LogP contribution in [0.2, 0.25) is 0 Å². The number of nitrogens with zero attached hydrogens (tertiary/aromatic N) is 1. The molecular weight excluding hydrogens is 334 g/mol. The van der Waals surface area contributed by atoms with E-state index in [-0.39, 0.29) is 30.2 Å². The molecule has 0 saturated carbocycles. The van der Waals surface area contributed by atoms with Gasteiger partial charge in [0.15, 0.2) is 0 Å². The van der Waals surface area contributed by atoms with E-state index in [1.165, 1.54) is 13.2 Å². The van der Waals surface area contributed by atoms with Gasteiger partial charge in [0, 0.05) is 13.1 Å². The zero-order valence-electron chi connectivity index (χ0n) is 13.8. The number of piperidine rings is 1. The van der Waals surface area contributed by atoms with Gasteiger partial charge in [-0.15, -0.1) is 0 Å². The molecule has 7 nitrogen and oxygen atoms in total. The summed E-state index contributed by atoms with van der Waals surface area (Å²) in [4.78, 5) is 11.7. The predicted molar refractivity (Wildman–Crippen MR) is 87.4 cm³/mol. The van der Waals surface area contributed by atoms with Crippen LogP contribution in [0.15, 0.2) is 29.2 Å². The maximum absolute atomic E-state index is 12.8. The number of aliphatic hydroxyl groups excluding tert-OH is 1. The van der Waals surface area contributed by atoms with Crippen LogP contribution >= 0.6 is 0 Å². The van der Waals surface area contributed by atoms with Crippen molar-refractivity contribution in [2.75, 3.05) is 20.2 Å². The number of hydrogen-bond donors (Lipinski definition) is 2. The van der Waals surface area contributed by atoms with Gasteiger partial charge in [0.05, 0.1) is 18.6 Å². The van der Waals surface area contributed by atoms with Gasteiger partial charge in [-0.3, -0.25) is 4.79 Å². The first-order valence-electron chi connectivity index (χ1n) is 7.84. The average molecular weight is 357 g/mol. The van der Waals surface area contributed by atoms with Gasteiger partial charge in [0.1, 0.15) is 10.6 Å². The summed E-state index contributed by atoms with van der Waals surface area (Å²) >= 11 is 0. The fraction of sp³-hybridized carbons (Fsp3) is 0.562. The molecule has 0 aromatic heterocycles. The first-order chi connectivity index (χ1) is 11.3. The van der Waals surface area contributed by atoms with Gasteiger partial charge in [-0.25, -0.2) is 8.42 Å². The third kappa shape index (κ3) is 3.13. The summed E-state index contributed by atoms with van der Waals surface area (Å²) in [6.45, 7) is 1.64. The topological polar surface area (TPSA) is 104 Å². The number of β-amino-alcohol motifs (C(OH)–C–C–N with tert-alkyl or cyclic N) is 1. The molecule has 0 bridgehead atoms. The molecule has 0 unspecified atom stereocenters. The SMILES string of the molecule is CCC[C@]1(C(=O)O)CCN(S(=O)(=O)c2ccccc2OC)C[C@@H]1O. The van der Waals surface area contributed by atoms with Crippen molar-refractivity contribution in [1.82, 2.24) is 4.31 Å². The smallest absolute Gasteiger partial charge is 0.312 e. The molecule has 2 N–H and O–H groups in total. The summed E-state index contributed by atoms with van der Waals surface area (Å²) < 4.78 is 31.9. The van der Waals surface area contributed by atoms with Crippen molar-refractivity contribution in [2.24, 2.45) is 5.41 Å². The number of methoxy groups -OCH3 is 1. The van der Waals surface area contributed by atoms with E-state index < -0.39 is 27.5 Å². The van der Waals surface area contributed by atoms with E-state index in [2.05, 4.69) is 0 Å². The Morgan fingerprint density at radius 2 is 2.08 bits per heavy atom. The highest BCUT2D eigenvalue weighted by molar-refractivity contribution is 7.89. The van der Waals surface area contributed by atoms with Crippen LogP contribution in [0.1, 0.15) is 26.2 Å². The van der Waals surface area contributed by atoms with Gasteiger partial charge in [0.25, 0.3) is 0 Å². The van der Waals surface area contributed by atoms with Crippen molar-refractivity contribution >= 4 is 16.0 Å². The lowest BCUT2D eigenvalue weighted by Gasteiger charge is -2.42. The highest BCUT2D eigenvalue weighted by atomic mass is 32.2. The zero-order chi connectivity index (χ0) is 18.0. The van der Waals surface area contributed by atoms with Crippen LogP contribution in [0.4, 0.5) is 0 Å². The van der Waals surface area contributed by atoms with Crippen LogP contribution in [-0.4, -0.2) is 55.2 Å². The minimum atomic E-state index is -3.87. The molecule has 2 atom stereocenters. The lowest BCUT2D eigenvalue weighted by atomic mass is 9.73. The number of carboxylic acid groups (broad SMARTS) is 1. The van der Waals surface area contributed by atoms with E-state index in [0.717, 1.165) is 4.31 Å². The predicted octanol–water partition coefficient (Wildman–Crippen LogP) is 1.32. The normalized spacial score (nSPS) is 25.4. The largest absolute Gasteiger partial charge is 0.495 e. The van der Waals surface area contributed by atoms with Gasteiger partial charge in [0.2, 0.25) is 10.0 Å². The second-order valence-electron chi connectivity index (χ2n) is 5.99. The van der Waals surface area contributed by atoms with Crippen LogP contribution in [0, 0.1) is 5.41 Å². The van der Waals surface area contributed by atoms with Crippen molar-refractivity contribution in [3.63, 3.8) is 0 Å². The Morgan fingerprint density at radius 1 is 1.42 bits per heavy atom. The molecule has 8 heteroatoms. The van der Waals surface area contributed by atoms with E-state index in [4.69, 9.17) is 4.74 Å². The number of rotatable bonds is 6. The number of ether oxygens (including phenoxy) is 1. The Balaban J connectivity index is 2.31. The highest BCUT2D eigenvalue weighted by Crippen LogP contribution is 2.39. The minimum Gasteiger partial charge on any atom is -0.495 e. The zero-order valence-corrected chi connectivity index (χ0v) is 14.6. The Hall–Kier alpha value is -1.64. The molecule has 1 fully saturated rings. The number of carbonyl (C=O) groups is 1. The quantitative estimate of drug-likeness (QED) is 0.796.